The number of carbonyl (C=O) groups excluding carboxylic acids is 1. The lowest BCUT2D eigenvalue weighted by Gasteiger charge is -2.18. The highest BCUT2D eigenvalue weighted by atomic mass is 19.3. The van der Waals surface area contributed by atoms with Crippen LogP contribution in [0.3, 0.4) is 0 Å². The number of rotatable bonds is 7. The average molecular weight is 316 g/mol. The number of likely N-dealkylation sites (tertiary alicyclic amines) is 1. The monoisotopic (exact) mass is 316 g/mol. The zero-order valence-corrected chi connectivity index (χ0v) is 11.0. The van der Waals surface area contributed by atoms with E-state index in [1.165, 1.54) is 4.90 Å². The van der Waals surface area contributed by atoms with Gasteiger partial charge >= 0.3 is 24.3 Å². The predicted molar refractivity (Wildman–Crippen MR) is 62.5 cm³/mol. The fraction of sp³-hybridized carbons (Fsp3) is 0.818. The van der Waals surface area contributed by atoms with E-state index in [0.717, 1.165) is 0 Å². The second-order valence-electron chi connectivity index (χ2n) is 4.62. The molecule has 0 aromatic heterocycles. The summed E-state index contributed by atoms with van der Waals surface area (Å²) in [6, 6.07) is -0.539. The molecule has 0 aliphatic carbocycles. The summed E-state index contributed by atoms with van der Waals surface area (Å²) in [5.74, 6) is -5.81. The Labute approximate surface area is 118 Å². The van der Waals surface area contributed by atoms with E-state index in [2.05, 4.69) is 10.1 Å². The van der Waals surface area contributed by atoms with Crippen molar-refractivity contribution >= 4 is 12.0 Å². The van der Waals surface area contributed by atoms with Crippen molar-refractivity contribution in [3.05, 3.63) is 0 Å². The van der Waals surface area contributed by atoms with Crippen LogP contribution in [-0.2, 0) is 9.53 Å². The Kier molecular flexibility index (Phi) is 6.19. The molecule has 1 saturated heterocycles. The molecule has 2 N–H and O–H groups in total. The summed E-state index contributed by atoms with van der Waals surface area (Å²) in [6.45, 7) is -1.54. The molecule has 1 heterocycles. The van der Waals surface area contributed by atoms with Crippen molar-refractivity contribution in [2.45, 2.75) is 18.8 Å². The first kappa shape index (κ1) is 17.5. The smallest absolute Gasteiger partial charge is 0.330 e. The van der Waals surface area contributed by atoms with Crippen molar-refractivity contribution < 1.29 is 37.0 Å². The van der Waals surface area contributed by atoms with E-state index in [1.54, 1.807) is 0 Å². The molecule has 1 rings (SSSR count). The molecule has 0 radical (unpaired) electrons. The first-order valence-corrected chi connectivity index (χ1v) is 6.23. The minimum Gasteiger partial charge on any atom is -0.481 e. The Bertz CT molecular complexity index is 381. The van der Waals surface area contributed by atoms with Crippen LogP contribution in [0.15, 0.2) is 0 Å². The van der Waals surface area contributed by atoms with Crippen LogP contribution in [-0.4, -0.2) is 67.2 Å². The largest absolute Gasteiger partial charge is 0.481 e. The van der Waals surface area contributed by atoms with Gasteiger partial charge in [0, 0.05) is 19.6 Å². The van der Waals surface area contributed by atoms with Crippen molar-refractivity contribution in [1.29, 1.82) is 0 Å². The Morgan fingerprint density at radius 1 is 1.43 bits per heavy atom. The predicted octanol–water partition coefficient (Wildman–Crippen LogP) is 1.02. The van der Waals surface area contributed by atoms with Crippen LogP contribution in [0.25, 0.3) is 0 Å². The van der Waals surface area contributed by atoms with E-state index < -0.39 is 36.9 Å². The second kappa shape index (κ2) is 7.43. The Balaban J connectivity index is 2.16. The van der Waals surface area contributed by atoms with Crippen molar-refractivity contribution in [2.24, 2.45) is 5.92 Å². The van der Waals surface area contributed by atoms with Crippen LogP contribution in [0.2, 0.25) is 0 Å². The van der Waals surface area contributed by atoms with Gasteiger partial charge in [0.05, 0.1) is 12.5 Å². The summed E-state index contributed by atoms with van der Waals surface area (Å²) in [7, 11) is 0. The number of carbonyl (C=O) groups is 2. The first-order valence-electron chi connectivity index (χ1n) is 6.23. The van der Waals surface area contributed by atoms with E-state index in [9.17, 15) is 27.2 Å². The van der Waals surface area contributed by atoms with Gasteiger partial charge in [-0.1, -0.05) is 0 Å². The minimum absolute atomic E-state index is 0.0749. The molecule has 6 nitrogen and oxygen atoms in total. The van der Waals surface area contributed by atoms with E-state index >= 15 is 0 Å². The Hall–Kier alpha value is -1.58. The maximum Gasteiger partial charge on any atom is 0.330 e. The summed E-state index contributed by atoms with van der Waals surface area (Å²) < 4.78 is 52.9. The third kappa shape index (κ3) is 5.37. The number of nitrogens with one attached hydrogen (secondary N) is 1. The highest BCUT2D eigenvalue weighted by Crippen LogP contribution is 2.22. The number of alkyl halides is 4. The van der Waals surface area contributed by atoms with Crippen LogP contribution in [0.4, 0.5) is 22.4 Å². The molecular weight excluding hydrogens is 300 g/mol. The summed E-state index contributed by atoms with van der Waals surface area (Å²) in [6.07, 6.45) is -3.45. The topological polar surface area (TPSA) is 78.9 Å². The number of amides is 2. The summed E-state index contributed by atoms with van der Waals surface area (Å²) >= 11 is 0. The summed E-state index contributed by atoms with van der Waals surface area (Å²) in [5, 5.41) is 11.1. The maximum absolute atomic E-state index is 12.5. The SMILES string of the molecule is O=C(O)C1CCN(C(=O)NCCOCC(F)(F)C(F)F)C1. The van der Waals surface area contributed by atoms with E-state index in [4.69, 9.17) is 5.11 Å². The Morgan fingerprint density at radius 3 is 2.62 bits per heavy atom. The number of ether oxygens (including phenoxy) is 1. The molecule has 21 heavy (non-hydrogen) atoms. The number of aliphatic carboxylic acids is 1. The fourth-order valence-electron chi connectivity index (χ4n) is 1.76. The van der Waals surface area contributed by atoms with Gasteiger partial charge in [0.25, 0.3) is 0 Å². The molecule has 1 fully saturated rings. The standard InChI is InChI=1S/C11H16F4N2O4/c12-9(13)11(14,15)6-21-4-2-16-10(20)17-3-1-7(5-17)8(18)19/h7,9H,1-6H2,(H,16,20)(H,18,19). The third-order valence-electron chi connectivity index (χ3n) is 2.96. The number of nitrogens with zero attached hydrogens (tertiary/aromatic N) is 1. The van der Waals surface area contributed by atoms with E-state index in [-0.39, 0.29) is 26.2 Å². The van der Waals surface area contributed by atoms with Gasteiger partial charge in [-0.15, -0.1) is 0 Å². The zero-order valence-electron chi connectivity index (χ0n) is 11.0. The third-order valence-corrected chi connectivity index (χ3v) is 2.96. The minimum atomic E-state index is -4.21. The molecule has 0 aromatic carbocycles. The van der Waals surface area contributed by atoms with Crippen LogP contribution in [0.1, 0.15) is 6.42 Å². The fourth-order valence-corrected chi connectivity index (χ4v) is 1.76. The molecule has 0 bridgehead atoms. The Morgan fingerprint density at radius 2 is 2.10 bits per heavy atom. The lowest BCUT2D eigenvalue weighted by Crippen LogP contribution is -2.41. The van der Waals surface area contributed by atoms with Crippen molar-refractivity contribution in [3.63, 3.8) is 0 Å². The molecule has 10 heteroatoms. The van der Waals surface area contributed by atoms with Crippen LogP contribution in [0, 0.1) is 5.92 Å². The van der Waals surface area contributed by atoms with Gasteiger partial charge in [-0.2, -0.15) is 8.78 Å². The van der Waals surface area contributed by atoms with Crippen molar-refractivity contribution in [3.8, 4) is 0 Å². The number of halogens is 4. The van der Waals surface area contributed by atoms with E-state index in [0.29, 0.717) is 6.42 Å². The number of carboxylic acid groups (broad SMARTS) is 1. The zero-order chi connectivity index (χ0) is 16.0. The highest BCUT2D eigenvalue weighted by Gasteiger charge is 2.40. The number of hydrogen-bond donors (Lipinski definition) is 2. The van der Waals surface area contributed by atoms with Gasteiger partial charge < -0.3 is 20.1 Å². The normalized spacial score (nSPS) is 19.1. The molecule has 122 valence electrons. The van der Waals surface area contributed by atoms with Crippen LogP contribution >= 0.6 is 0 Å². The van der Waals surface area contributed by atoms with Gasteiger partial charge in [-0.05, 0) is 6.42 Å². The molecule has 2 amide bonds. The molecule has 1 aliphatic heterocycles. The molecule has 0 spiro atoms. The quantitative estimate of drug-likeness (QED) is 0.543. The van der Waals surface area contributed by atoms with Gasteiger partial charge in [0.1, 0.15) is 6.61 Å². The maximum atomic E-state index is 12.5. The first-order chi connectivity index (χ1) is 9.74. The molecule has 0 aromatic rings. The average Bonchev–Trinajstić information content (AvgIpc) is 2.87. The summed E-state index contributed by atoms with van der Waals surface area (Å²) in [4.78, 5) is 23.6. The van der Waals surface area contributed by atoms with Crippen LogP contribution in [0.5, 0.6) is 0 Å². The van der Waals surface area contributed by atoms with Gasteiger partial charge in [0.15, 0.2) is 0 Å². The van der Waals surface area contributed by atoms with E-state index in [1.807, 2.05) is 0 Å². The second-order valence-corrected chi connectivity index (χ2v) is 4.62. The lowest BCUT2D eigenvalue weighted by molar-refractivity contribution is -0.165. The van der Waals surface area contributed by atoms with Crippen LogP contribution < -0.4 is 5.32 Å². The number of carboxylic acids is 1. The van der Waals surface area contributed by atoms with Gasteiger partial charge in [-0.25, -0.2) is 13.6 Å². The van der Waals surface area contributed by atoms with Crippen molar-refractivity contribution in [2.75, 3.05) is 32.8 Å². The molecular formula is C11H16F4N2O4. The molecule has 1 atom stereocenters. The highest BCUT2D eigenvalue weighted by molar-refractivity contribution is 5.77. The number of urea groups is 1. The molecule has 1 aliphatic rings. The van der Waals surface area contributed by atoms with Gasteiger partial charge in [-0.3, -0.25) is 4.79 Å². The van der Waals surface area contributed by atoms with Gasteiger partial charge in [0.2, 0.25) is 0 Å². The number of hydrogen-bond acceptors (Lipinski definition) is 3. The molecule has 0 saturated carbocycles. The summed E-state index contributed by atoms with van der Waals surface area (Å²) in [5.41, 5.74) is 0. The lowest BCUT2D eigenvalue weighted by atomic mass is 10.1. The van der Waals surface area contributed by atoms with Crippen molar-refractivity contribution in [1.82, 2.24) is 10.2 Å². The molecule has 1 unspecified atom stereocenters.